The van der Waals surface area contributed by atoms with Crippen LogP contribution in [0.1, 0.15) is 47.8 Å². The summed E-state index contributed by atoms with van der Waals surface area (Å²) in [6.45, 7) is 3.57. The standard InChI is InChI=1S/C23H24FNO6S/c1-4-31-23(28)22-20(14-8-9-15(18(24)11-14)12-32(3,29)30)17-7-5-6-16(21(17)25-22)13(2)10-19(26)27/h5-9,11,13,25H,4,10,12H2,1-3H3,(H,26,27). The van der Waals surface area contributed by atoms with E-state index in [1.807, 2.05) is 0 Å². The maximum absolute atomic E-state index is 14.7. The number of H-pyrrole nitrogens is 1. The number of rotatable bonds is 8. The number of esters is 1. The highest BCUT2D eigenvalue weighted by Gasteiger charge is 2.24. The molecule has 2 aromatic carbocycles. The summed E-state index contributed by atoms with van der Waals surface area (Å²) >= 11 is 0. The molecule has 0 bridgehead atoms. The van der Waals surface area contributed by atoms with Crippen LogP contribution in [0, 0.1) is 5.82 Å². The fourth-order valence-electron chi connectivity index (χ4n) is 3.78. The molecule has 1 atom stereocenters. The van der Waals surface area contributed by atoms with Crippen molar-refractivity contribution in [2.45, 2.75) is 31.9 Å². The van der Waals surface area contributed by atoms with Gasteiger partial charge in [0.2, 0.25) is 0 Å². The maximum atomic E-state index is 14.7. The molecular weight excluding hydrogens is 437 g/mol. The van der Waals surface area contributed by atoms with Crippen LogP contribution in [0.15, 0.2) is 36.4 Å². The van der Waals surface area contributed by atoms with Crippen molar-refractivity contribution in [2.75, 3.05) is 12.9 Å². The van der Waals surface area contributed by atoms with Gasteiger partial charge in [-0.2, -0.15) is 0 Å². The van der Waals surface area contributed by atoms with Gasteiger partial charge in [-0.05, 0) is 30.0 Å². The van der Waals surface area contributed by atoms with E-state index in [0.717, 1.165) is 6.26 Å². The Balaban J connectivity index is 2.23. The smallest absolute Gasteiger partial charge is 0.355 e. The second-order valence-electron chi connectivity index (χ2n) is 7.74. The lowest BCUT2D eigenvalue weighted by molar-refractivity contribution is -0.137. The molecule has 1 unspecified atom stereocenters. The van der Waals surface area contributed by atoms with Crippen LogP contribution in [0.5, 0.6) is 0 Å². The number of para-hydroxylation sites is 1. The molecule has 0 aliphatic rings. The Morgan fingerprint density at radius 1 is 1.22 bits per heavy atom. The van der Waals surface area contributed by atoms with E-state index in [0.29, 0.717) is 27.6 Å². The first-order valence-corrected chi connectivity index (χ1v) is 12.1. The van der Waals surface area contributed by atoms with Crippen LogP contribution < -0.4 is 0 Å². The Bertz CT molecular complexity index is 1300. The number of carboxylic acid groups (broad SMARTS) is 1. The van der Waals surface area contributed by atoms with Gasteiger partial charge in [-0.1, -0.05) is 37.3 Å². The van der Waals surface area contributed by atoms with Gasteiger partial charge in [0, 0.05) is 22.8 Å². The molecule has 0 radical (unpaired) electrons. The van der Waals surface area contributed by atoms with Crippen LogP contribution in [0.3, 0.4) is 0 Å². The van der Waals surface area contributed by atoms with E-state index in [2.05, 4.69) is 4.98 Å². The second-order valence-corrected chi connectivity index (χ2v) is 9.88. The van der Waals surface area contributed by atoms with E-state index in [1.54, 1.807) is 38.1 Å². The zero-order valence-electron chi connectivity index (χ0n) is 17.9. The highest BCUT2D eigenvalue weighted by molar-refractivity contribution is 7.89. The van der Waals surface area contributed by atoms with Crippen molar-refractivity contribution < 1.29 is 32.2 Å². The molecule has 0 aliphatic carbocycles. The van der Waals surface area contributed by atoms with E-state index < -0.39 is 33.3 Å². The first kappa shape index (κ1) is 23.5. The van der Waals surface area contributed by atoms with Gasteiger partial charge in [-0.3, -0.25) is 4.79 Å². The lowest BCUT2D eigenvalue weighted by Crippen LogP contribution is -2.07. The first-order valence-electron chi connectivity index (χ1n) is 10.0. The molecule has 0 aliphatic heterocycles. The maximum Gasteiger partial charge on any atom is 0.355 e. The topological polar surface area (TPSA) is 114 Å². The van der Waals surface area contributed by atoms with Gasteiger partial charge < -0.3 is 14.8 Å². The number of hydrogen-bond donors (Lipinski definition) is 2. The molecule has 0 spiro atoms. The fraction of sp³-hybridized carbons (Fsp3) is 0.304. The third-order valence-corrected chi connectivity index (χ3v) is 5.95. The van der Waals surface area contributed by atoms with Gasteiger partial charge in [0.05, 0.1) is 24.3 Å². The van der Waals surface area contributed by atoms with Gasteiger partial charge in [0.25, 0.3) is 0 Å². The number of benzene rings is 2. The van der Waals surface area contributed by atoms with Gasteiger partial charge in [0.1, 0.15) is 11.5 Å². The minimum Gasteiger partial charge on any atom is -0.481 e. The SMILES string of the molecule is CCOC(=O)c1[nH]c2c(C(C)CC(=O)O)cccc2c1-c1ccc(CS(C)(=O)=O)c(F)c1. The number of sulfone groups is 1. The Morgan fingerprint density at radius 2 is 1.94 bits per heavy atom. The molecule has 3 rings (SSSR count). The number of ether oxygens (including phenoxy) is 1. The molecule has 3 aromatic rings. The predicted octanol–water partition coefficient (Wildman–Crippen LogP) is 4.27. The largest absolute Gasteiger partial charge is 0.481 e. The molecule has 2 N–H and O–H groups in total. The summed E-state index contributed by atoms with van der Waals surface area (Å²) in [4.78, 5) is 26.9. The molecule has 9 heteroatoms. The average Bonchev–Trinajstić information content (AvgIpc) is 3.08. The zero-order valence-corrected chi connectivity index (χ0v) is 18.8. The Labute approximate surface area is 185 Å². The summed E-state index contributed by atoms with van der Waals surface area (Å²) in [7, 11) is -3.42. The number of aromatic nitrogens is 1. The fourth-order valence-corrected chi connectivity index (χ4v) is 4.58. The van der Waals surface area contributed by atoms with Crippen molar-refractivity contribution in [1.29, 1.82) is 0 Å². The summed E-state index contributed by atoms with van der Waals surface area (Å²) < 4.78 is 43.0. The van der Waals surface area contributed by atoms with E-state index in [9.17, 15) is 27.5 Å². The summed E-state index contributed by atoms with van der Waals surface area (Å²) in [6.07, 6.45) is 0.926. The summed E-state index contributed by atoms with van der Waals surface area (Å²) in [5.74, 6) is -3.06. The van der Waals surface area contributed by atoms with Gasteiger partial charge in [0.15, 0.2) is 9.84 Å². The normalized spacial score (nSPS) is 12.6. The van der Waals surface area contributed by atoms with E-state index in [-0.39, 0.29) is 30.2 Å². The minimum absolute atomic E-state index is 0.0320. The van der Waals surface area contributed by atoms with Crippen molar-refractivity contribution in [3.05, 3.63) is 59.0 Å². The van der Waals surface area contributed by atoms with Gasteiger partial charge in [-0.25, -0.2) is 17.6 Å². The number of carbonyl (C=O) groups is 2. The minimum atomic E-state index is -3.42. The number of carbonyl (C=O) groups excluding carboxylic acids is 1. The first-order chi connectivity index (χ1) is 15.0. The molecule has 0 amide bonds. The van der Waals surface area contributed by atoms with E-state index in [4.69, 9.17) is 4.74 Å². The van der Waals surface area contributed by atoms with Crippen LogP contribution >= 0.6 is 0 Å². The molecule has 0 saturated carbocycles. The third kappa shape index (κ3) is 4.99. The van der Waals surface area contributed by atoms with Crippen LogP contribution in [0.2, 0.25) is 0 Å². The molecule has 32 heavy (non-hydrogen) atoms. The summed E-state index contributed by atoms with van der Waals surface area (Å²) in [5, 5.41) is 9.79. The monoisotopic (exact) mass is 461 g/mol. The summed E-state index contributed by atoms with van der Waals surface area (Å²) in [5.41, 5.74) is 2.21. The Morgan fingerprint density at radius 3 is 2.53 bits per heavy atom. The lowest BCUT2D eigenvalue weighted by Gasteiger charge is -2.11. The third-order valence-electron chi connectivity index (χ3n) is 5.12. The quantitative estimate of drug-likeness (QED) is 0.484. The number of aromatic amines is 1. The molecule has 1 heterocycles. The second kappa shape index (κ2) is 9.12. The number of fused-ring (bicyclic) bond motifs is 1. The number of aliphatic carboxylic acids is 1. The van der Waals surface area contributed by atoms with Crippen molar-refractivity contribution >= 4 is 32.7 Å². The van der Waals surface area contributed by atoms with Crippen molar-refractivity contribution in [2.24, 2.45) is 0 Å². The molecule has 0 saturated heterocycles. The van der Waals surface area contributed by atoms with Gasteiger partial charge in [-0.15, -0.1) is 0 Å². The molecule has 170 valence electrons. The Hall–Kier alpha value is -3.20. The number of nitrogens with one attached hydrogen (secondary N) is 1. The predicted molar refractivity (Wildman–Crippen MR) is 119 cm³/mol. The molecular formula is C23H24FNO6S. The van der Waals surface area contributed by atoms with E-state index in [1.165, 1.54) is 12.1 Å². The van der Waals surface area contributed by atoms with Crippen molar-refractivity contribution in [1.82, 2.24) is 4.98 Å². The Kier molecular flexibility index (Phi) is 6.68. The van der Waals surface area contributed by atoms with E-state index >= 15 is 0 Å². The van der Waals surface area contributed by atoms with Crippen LogP contribution in [0.25, 0.3) is 22.0 Å². The summed E-state index contributed by atoms with van der Waals surface area (Å²) in [6, 6.07) is 9.42. The molecule has 7 nitrogen and oxygen atoms in total. The van der Waals surface area contributed by atoms with Crippen LogP contribution in [-0.2, 0) is 25.1 Å². The zero-order chi connectivity index (χ0) is 23.6. The highest BCUT2D eigenvalue weighted by Crippen LogP contribution is 2.37. The van der Waals surface area contributed by atoms with Crippen molar-refractivity contribution in [3.63, 3.8) is 0 Å². The van der Waals surface area contributed by atoms with Gasteiger partial charge >= 0.3 is 11.9 Å². The number of carboxylic acids is 1. The average molecular weight is 462 g/mol. The van der Waals surface area contributed by atoms with Crippen LogP contribution in [-0.4, -0.2) is 43.3 Å². The molecule has 0 fully saturated rings. The lowest BCUT2D eigenvalue weighted by atomic mass is 9.93. The van der Waals surface area contributed by atoms with Crippen LogP contribution in [0.4, 0.5) is 4.39 Å². The highest BCUT2D eigenvalue weighted by atomic mass is 32.2. The number of halogens is 1. The number of hydrogen-bond acceptors (Lipinski definition) is 5. The molecule has 1 aromatic heterocycles. The van der Waals surface area contributed by atoms with Crippen molar-refractivity contribution in [3.8, 4) is 11.1 Å².